The van der Waals surface area contributed by atoms with E-state index in [9.17, 15) is 9.18 Å². The number of anilines is 2. The van der Waals surface area contributed by atoms with Gasteiger partial charge in [-0.05, 0) is 45.8 Å². The number of amides is 2. The Labute approximate surface area is 198 Å². The quantitative estimate of drug-likeness (QED) is 0.494. The molecule has 0 atom stereocenters. The van der Waals surface area contributed by atoms with Crippen molar-refractivity contribution >= 4 is 44.3 Å². The summed E-state index contributed by atoms with van der Waals surface area (Å²) in [6, 6.07) is 13.8. The van der Waals surface area contributed by atoms with Gasteiger partial charge in [0.05, 0.1) is 5.69 Å². The van der Waals surface area contributed by atoms with E-state index in [2.05, 4.69) is 45.7 Å². The smallest absolute Gasteiger partial charge is 0.319 e. The van der Waals surface area contributed by atoms with Crippen LogP contribution in [0.25, 0.3) is 0 Å². The number of nitrogens with zero attached hydrogens (tertiary/aromatic N) is 4. The number of para-hydroxylation sites is 1. The van der Waals surface area contributed by atoms with Crippen molar-refractivity contribution in [1.82, 2.24) is 19.6 Å². The molecule has 0 unspecified atom stereocenters. The van der Waals surface area contributed by atoms with Crippen molar-refractivity contribution in [3.63, 3.8) is 0 Å². The van der Waals surface area contributed by atoms with Gasteiger partial charge in [0.1, 0.15) is 11.6 Å². The summed E-state index contributed by atoms with van der Waals surface area (Å²) in [6.45, 7) is 4.92. The zero-order valence-corrected chi connectivity index (χ0v) is 19.8. The van der Waals surface area contributed by atoms with Crippen LogP contribution in [0, 0.1) is 5.82 Å². The van der Waals surface area contributed by atoms with Gasteiger partial charge in [0.2, 0.25) is 5.13 Å². The van der Waals surface area contributed by atoms with Crippen LogP contribution < -0.4 is 15.5 Å². The van der Waals surface area contributed by atoms with Crippen LogP contribution in [0.15, 0.2) is 53.0 Å². The summed E-state index contributed by atoms with van der Waals surface area (Å²) >= 11 is 4.83. The molecule has 7 nitrogen and oxygen atoms in total. The molecule has 0 saturated carbocycles. The van der Waals surface area contributed by atoms with Gasteiger partial charge in [-0.1, -0.05) is 24.3 Å². The second-order valence-corrected chi connectivity index (χ2v) is 9.07. The van der Waals surface area contributed by atoms with Crippen molar-refractivity contribution in [2.24, 2.45) is 0 Å². The molecule has 4 rings (SSSR count). The molecule has 32 heavy (non-hydrogen) atoms. The maximum Gasteiger partial charge on any atom is 0.319 e. The fourth-order valence-electron chi connectivity index (χ4n) is 3.45. The highest BCUT2D eigenvalue weighted by atomic mass is 79.9. The van der Waals surface area contributed by atoms with E-state index >= 15 is 0 Å². The van der Waals surface area contributed by atoms with E-state index < -0.39 is 0 Å². The van der Waals surface area contributed by atoms with Gasteiger partial charge in [-0.3, -0.25) is 4.90 Å². The van der Waals surface area contributed by atoms with E-state index in [-0.39, 0.29) is 11.8 Å². The molecule has 2 N–H and O–H groups in total. The number of hydrogen-bond acceptors (Lipinski definition) is 6. The van der Waals surface area contributed by atoms with Crippen LogP contribution in [-0.2, 0) is 6.42 Å². The number of urea groups is 1. The van der Waals surface area contributed by atoms with Crippen LogP contribution in [0.3, 0.4) is 0 Å². The van der Waals surface area contributed by atoms with Crippen molar-refractivity contribution < 1.29 is 9.18 Å². The molecule has 1 aliphatic heterocycles. The van der Waals surface area contributed by atoms with Gasteiger partial charge in [-0.25, -0.2) is 14.2 Å². The van der Waals surface area contributed by atoms with Gasteiger partial charge < -0.3 is 15.5 Å². The molecule has 1 aliphatic rings. The van der Waals surface area contributed by atoms with E-state index in [0.29, 0.717) is 13.0 Å². The monoisotopic (exact) mass is 518 g/mol. The fourth-order valence-corrected chi connectivity index (χ4v) is 4.57. The van der Waals surface area contributed by atoms with Crippen molar-refractivity contribution in [1.29, 1.82) is 0 Å². The van der Waals surface area contributed by atoms with Crippen molar-refractivity contribution in [2.75, 3.05) is 49.5 Å². The molecule has 3 aromatic rings. The van der Waals surface area contributed by atoms with E-state index in [1.54, 1.807) is 12.1 Å². The molecule has 2 aromatic carbocycles. The van der Waals surface area contributed by atoms with Crippen LogP contribution >= 0.6 is 27.5 Å². The second kappa shape index (κ2) is 10.8. The molecule has 1 fully saturated rings. The standard InChI is InChI=1S/C22H24BrFN6OS/c23-18-3-1-2-4-19(18)26-21(31)25-9-10-29-11-13-30(14-12-29)22-27-20(28-32-22)15-16-5-7-17(24)8-6-16/h1-8H,9-15H2,(H2,25,26,31). The van der Waals surface area contributed by atoms with E-state index in [1.807, 2.05) is 24.3 Å². The minimum Gasteiger partial charge on any atom is -0.344 e. The first-order valence-corrected chi connectivity index (χ1v) is 12.0. The third-order valence-corrected chi connectivity index (χ3v) is 6.72. The number of piperazine rings is 1. The Hall–Kier alpha value is -2.56. The zero-order chi connectivity index (χ0) is 22.3. The molecule has 1 saturated heterocycles. The van der Waals surface area contributed by atoms with Gasteiger partial charge in [0.25, 0.3) is 0 Å². The minimum absolute atomic E-state index is 0.210. The molecule has 10 heteroatoms. The van der Waals surface area contributed by atoms with Gasteiger partial charge in [0, 0.05) is 61.7 Å². The number of aromatic nitrogens is 2. The van der Waals surface area contributed by atoms with Crippen LogP contribution in [0.2, 0.25) is 0 Å². The largest absolute Gasteiger partial charge is 0.344 e. The van der Waals surface area contributed by atoms with Gasteiger partial charge in [-0.15, -0.1) is 0 Å². The molecule has 2 heterocycles. The van der Waals surface area contributed by atoms with Crippen LogP contribution in [0.1, 0.15) is 11.4 Å². The third kappa shape index (κ3) is 6.24. The lowest BCUT2D eigenvalue weighted by Crippen LogP contribution is -2.48. The summed E-state index contributed by atoms with van der Waals surface area (Å²) in [6.07, 6.45) is 0.601. The number of carbonyl (C=O) groups excluding carboxylic acids is 1. The minimum atomic E-state index is -0.237. The summed E-state index contributed by atoms with van der Waals surface area (Å²) in [5, 5.41) is 6.68. The Morgan fingerprint density at radius 2 is 1.84 bits per heavy atom. The highest BCUT2D eigenvalue weighted by molar-refractivity contribution is 9.10. The van der Waals surface area contributed by atoms with Gasteiger partial charge >= 0.3 is 6.03 Å². The molecular formula is C22H24BrFN6OS. The Balaban J connectivity index is 1.18. The van der Waals surface area contributed by atoms with E-state index in [1.165, 1.54) is 23.7 Å². The highest BCUT2D eigenvalue weighted by Crippen LogP contribution is 2.21. The number of benzene rings is 2. The Morgan fingerprint density at radius 3 is 2.59 bits per heavy atom. The Bertz CT molecular complexity index is 1040. The SMILES string of the molecule is O=C(NCCN1CCN(c2nc(Cc3ccc(F)cc3)ns2)CC1)Nc1ccccc1Br. The lowest BCUT2D eigenvalue weighted by Gasteiger charge is -2.34. The molecule has 0 spiro atoms. The molecule has 168 valence electrons. The van der Waals surface area contributed by atoms with Crippen LogP contribution in [0.4, 0.5) is 20.0 Å². The van der Waals surface area contributed by atoms with Gasteiger partial charge in [-0.2, -0.15) is 4.37 Å². The van der Waals surface area contributed by atoms with Gasteiger partial charge in [0.15, 0.2) is 0 Å². The first-order valence-electron chi connectivity index (χ1n) is 10.4. The summed E-state index contributed by atoms with van der Waals surface area (Å²) < 4.78 is 18.4. The predicted octanol–water partition coefficient (Wildman–Crippen LogP) is 3.97. The predicted molar refractivity (Wildman–Crippen MR) is 129 cm³/mol. The summed E-state index contributed by atoms with van der Waals surface area (Å²) in [7, 11) is 0. The average molecular weight is 519 g/mol. The molecular weight excluding hydrogens is 495 g/mol. The number of nitrogens with one attached hydrogen (secondary N) is 2. The normalized spacial score (nSPS) is 14.4. The van der Waals surface area contributed by atoms with E-state index in [4.69, 9.17) is 0 Å². The third-order valence-electron chi connectivity index (χ3n) is 5.21. The van der Waals surface area contributed by atoms with Crippen LogP contribution in [0.5, 0.6) is 0 Å². The Kier molecular flexibility index (Phi) is 7.67. The maximum absolute atomic E-state index is 13.1. The highest BCUT2D eigenvalue weighted by Gasteiger charge is 2.20. The average Bonchev–Trinajstić information content (AvgIpc) is 3.26. The first-order chi connectivity index (χ1) is 15.6. The van der Waals surface area contributed by atoms with Crippen molar-refractivity contribution in [2.45, 2.75) is 6.42 Å². The zero-order valence-electron chi connectivity index (χ0n) is 17.4. The molecule has 2 amide bonds. The number of rotatable bonds is 7. The summed E-state index contributed by atoms with van der Waals surface area (Å²) in [4.78, 5) is 21.3. The molecule has 0 radical (unpaired) electrons. The molecule has 0 aliphatic carbocycles. The summed E-state index contributed by atoms with van der Waals surface area (Å²) in [5.74, 6) is 0.526. The Morgan fingerprint density at radius 1 is 1.09 bits per heavy atom. The summed E-state index contributed by atoms with van der Waals surface area (Å²) in [5.41, 5.74) is 1.74. The second-order valence-electron chi connectivity index (χ2n) is 7.49. The lowest BCUT2D eigenvalue weighted by atomic mass is 10.1. The number of halogens is 2. The maximum atomic E-state index is 13.1. The van der Waals surface area contributed by atoms with E-state index in [0.717, 1.165) is 59.4 Å². The lowest BCUT2D eigenvalue weighted by molar-refractivity contribution is 0.240. The van der Waals surface area contributed by atoms with Crippen LogP contribution in [-0.4, -0.2) is 59.6 Å². The molecule has 0 bridgehead atoms. The van der Waals surface area contributed by atoms with Crippen molar-refractivity contribution in [3.8, 4) is 0 Å². The topological polar surface area (TPSA) is 73.4 Å². The number of carbonyl (C=O) groups is 1. The van der Waals surface area contributed by atoms with Crippen molar-refractivity contribution in [3.05, 3.63) is 70.2 Å². The fraction of sp³-hybridized carbons (Fsp3) is 0.318. The first kappa shape index (κ1) is 22.6. The number of hydrogen-bond donors (Lipinski definition) is 2. The molecule has 1 aromatic heterocycles.